The summed E-state index contributed by atoms with van der Waals surface area (Å²) in [5.74, 6) is -1.20. The third kappa shape index (κ3) is 2.76. The zero-order valence-electron chi connectivity index (χ0n) is 16.3. The van der Waals surface area contributed by atoms with Crippen LogP contribution in [0.5, 0.6) is 11.5 Å². The molecule has 0 aromatic heterocycles. The number of benzene rings is 2. The molecule has 0 bridgehead atoms. The van der Waals surface area contributed by atoms with Crippen molar-refractivity contribution in [2.45, 2.75) is 13.0 Å². The third-order valence-electron chi connectivity index (χ3n) is 5.21. The van der Waals surface area contributed by atoms with Gasteiger partial charge in [0.2, 0.25) is 12.0 Å². The molecule has 1 fully saturated rings. The zero-order chi connectivity index (χ0) is 21.6. The van der Waals surface area contributed by atoms with Gasteiger partial charge in [-0.15, -0.1) is 0 Å². The first kappa shape index (κ1) is 19.4. The highest BCUT2D eigenvalue weighted by atomic mass is 16.7. The lowest BCUT2D eigenvalue weighted by molar-refractivity contribution is -0.385. The van der Waals surface area contributed by atoms with E-state index in [0.29, 0.717) is 17.1 Å². The molecule has 4 rings (SSSR count). The van der Waals surface area contributed by atoms with Gasteiger partial charge in [-0.25, -0.2) is 4.90 Å². The van der Waals surface area contributed by atoms with Gasteiger partial charge in [0, 0.05) is 11.6 Å². The van der Waals surface area contributed by atoms with E-state index in [4.69, 9.17) is 14.3 Å². The number of carbonyl (C=O) groups is 2. The average molecular weight is 411 g/mol. The molecule has 0 N–H and O–H groups in total. The molecule has 2 aromatic carbocycles. The lowest BCUT2D eigenvalue weighted by Crippen LogP contribution is -2.33. The molecule has 0 unspecified atom stereocenters. The molecule has 30 heavy (non-hydrogen) atoms. The van der Waals surface area contributed by atoms with E-state index < -0.39 is 28.8 Å². The molecule has 0 spiro atoms. The first-order valence-electron chi connectivity index (χ1n) is 8.97. The number of methoxy groups -OCH3 is 2. The topological polar surface area (TPSA) is 121 Å². The first-order chi connectivity index (χ1) is 14.4. The van der Waals surface area contributed by atoms with Gasteiger partial charge in [-0.05, 0) is 31.2 Å². The number of hydrogen-bond donors (Lipinski definition) is 0. The molecule has 2 aromatic rings. The van der Waals surface area contributed by atoms with Crippen LogP contribution < -0.4 is 14.4 Å². The van der Waals surface area contributed by atoms with Crippen LogP contribution in [0.3, 0.4) is 0 Å². The molecule has 0 radical (unpaired) electrons. The van der Waals surface area contributed by atoms with Crippen molar-refractivity contribution in [3.8, 4) is 11.5 Å². The zero-order valence-corrected chi connectivity index (χ0v) is 16.3. The normalized spacial score (nSPS) is 20.0. The minimum atomic E-state index is -1.13. The number of anilines is 1. The Hall–Kier alpha value is -3.95. The van der Waals surface area contributed by atoms with E-state index in [0.717, 1.165) is 4.90 Å². The predicted molar refractivity (Wildman–Crippen MR) is 105 cm³/mol. The Kier molecular flexibility index (Phi) is 4.61. The molecular weight excluding hydrogens is 394 g/mol. The Morgan fingerprint density at radius 3 is 2.50 bits per heavy atom. The van der Waals surface area contributed by atoms with E-state index in [-0.39, 0.29) is 22.6 Å². The summed E-state index contributed by atoms with van der Waals surface area (Å²) in [5, 5.41) is 15.2. The van der Waals surface area contributed by atoms with E-state index >= 15 is 0 Å². The number of oxime groups is 1. The van der Waals surface area contributed by atoms with E-state index in [1.165, 1.54) is 39.3 Å². The molecule has 10 heteroatoms. The maximum absolute atomic E-state index is 13.2. The number of nitrogens with zero attached hydrogens (tertiary/aromatic N) is 3. The number of fused-ring (bicyclic) bond motifs is 1. The molecule has 0 aliphatic carbocycles. The second kappa shape index (κ2) is 7.14. The van der Waals surface area contributed by atoms with Gasteiger partial charge in [-0.3, -0.25) is 19.7 Å². The largest absolute Gasteiger partial charge is 0.493 e. The highest BCUT2D eigenvalue weighted by Gasteiger charge is 2.56. The summed E-state index contributed by atoms with van der Waals surface area (Å²) in [7, 11) is 2.98. The molecule has 2 amide bonds. The molecule has 2 aliphatic rings. The van der Waals surface area contributed by atoms with Crippen molar-refractivity contribution in [3.05, 3.63) is 57.6 Å². The first-order valence-corrected chi connectivity index (χ1v) is 8.97. The molecule has 1 saturated heterocycles. The number of rotatable bonds is 5. The van der Waals surface area contributed by atoms with Gasteiger partial charge in [-0.2, -0.15) is 0 Å². The Bertz CT molecular complexity index is 1110. The van der Waals surface area contributed by atoms with Crippen molar-refractivity contribution in [3.63, 3.8) is 0 Å². The third-order valence-corrected chi connectivity index (χ3v) is 5.21. The van der Waals surface area contributed by atoms with Gasteiger partial charge in [0.15, 0.2) is 11.5 Å². The molecular formula is C20H17N3O7. The van der Waals surface area contributed by atoms with E-state index in [1.807, 2.05) is 0 Å². The van der Waals surface area contributed by atoms with Crippen LogP contribution in [0.4, 0.5) is 11.4 Å². The van der Waals surface area contributed by atoms with Crippen LogP contribution in [-0.2, 0) is 14.4 Å². The van der Waals surface area contributed by atoms with Crippen LogP contribution in [0.25, 0.3) is 0 Å². The number of nitro benzene ring substituents is 1. The van der Waals surface area contributed by atoms with Crippen LogP contribution in [0.2, 0.25) is 0 Å². The Morgan fingerprint density at radius 2 is 1.83 bits per heavy atom. The fourth-order valence-corrected chi connectivity index (χ4v) is 3.70. The maximum Gasteiger partial charge on any atom is 0.278 e. The van der Waals surface area contributed by atoms with Gasteiger partial charge >= 0.3 is 0 Å². The monoisotopic (exact) mass is 411 g/mol. The highest BCUT2D eigenvalue weighted by molar-refractivity contribution is 6.32. The van der Waals surface area contributed by atoms with Crippen molar-refractivity contribution >= 4 is 28.9 Å². The van der Waals surface area contributed by atoms with E-state index in [9.17, 15) is 19.7 Å². The van der Waals surface area contributed by atoms with Gasteiger partial charge in [0.1, 0.15) is 11.6 Å². The van der Waals surface area contributed by atoms with Crippen molar-refractivity contribution in [2.24, 2.45) is 11.1 Å². The molecule has 0 saturated carbocycles. The minimum absolute atomic E-state index is 0.156. The average Bonchev–Trinajstić information content (AvgIpc) is 3.28. The summed E-state index contributed by atoms with van der Waals surface area (Å²) in [6.07, 6.45) is -1.13. The standard InChI is InChI=1S/C20H17N3O7/c1-10-12(5-4-6-13(10)23(26)27)22-19(24)16-17(21-30-18(16)20(22)25)11-7-8-14(28-2)15(9-11)29-3/h4-9,16,18H,1-3H3/t16-,18+/m0/s1. The predicted octanol–water partition coefficient (Wildman–Crippen LogP) is 2.21. The quantitative estimate of drug-likeness (QED) is 0.420. The second-order valence-corrected chi connectivity index (χ2v) is 6.74. The summed E-state index contributed by atoms with van der Waals surface area (Å²) in [4.78, 5) is 43.1. The molecule has 154 valence electrons. The number of hydrogen-bond acceptors (Lipinski definition) is 8. The van der Waals surface area contributed by atoms with Crippen LogP contribution >= 0.6 is 0 Å². The van der Waals surface area contributed by atoms with Crippen molar-refractivity contribution in [2.75, 3.05) is 19.1 Å². The van der Waals surface area contributed by atoms with Crippen molar-refractivity contribution < 1.29 is 28.8 Å². The number of carbonyl (C=O) groups excluding carboxylic acids is 2. The van der Waals surface area contributed by atoms with Gasteiger partial charge in [-0.1, -0.05) is 11.2 Å². The highest BCUT2D eigenvalue weighted by Crippen LogP contribution is 2.39. The lowest BCUT2D eigenvalue weighted by atomic mass is 9.94. The van der Waals surface area contributed by atoms with Gasteiger partial charge in [0.05, 0.1) is 30.4 Å². The van der Waals surface area contributed by atoms with Crippen LogP contribution in [0.15, 0.2) is 41.6 Å². The maximum atomic E-state index is 13.2. The summed E-state index contributed by atoms with van der Waals surface area (Å²) in [6, 6.07) is 9.23. The summed E-state index contributed by atoms with van der Waals surface area (Å²) < 4.78 is 10.5. The molecule has 2 heterocycles. The fourth-order valence-electron chi connectivity index (χ4n) is 3.70. The summed E-state index contributed by atoms with van der Waals surface area (Å²) in [5.41, 5.74) is 1.02. The lowest BCUT2D eigenvalue weighted by Gasteiger charge is -2.17. The van der Waals surface area contributed by atoms with Crippen LogP contribution in [0.1, 0.15) is 11.1 Å². The Morgan fingerprint density at radius 1 is 1.10 bits per heavy atom. The SMILES string of the molecule is COc1ccc(C2=NO[C@H]3C(=O)N(c4cccc([N+](=O)[O-])c4C)C(=O)[C@@H]23)cc1OC. The summed E-state index contributed by atoms with van der Waals surface area (Å²) >= 11 is 0. The number of imide groups is 1. The van der Waals surface area contributed by atoms with E-state index in [2.05, 4.69) is 5.16 Å². The van der Waals surface area contributed by atoms with Crippen LogP contribution in [0, 0.1) is 23.0 Å². The molecule has 10 nitrogen and oxygen atoms in total. The number of ether oxygens (including phenoxy) is 2. The summed E-state index contributed by atoms with van der Waals surface area (Å²) in [6.45, 7) is 1.49. The molecule has 2 aliphatic heterocycles. The Balaban J connectivity index is 1.73. The minimum Gasteiger partial charge on any atom is -0.493 e. The number of nitro groups is 1. The Labute approximate surface area is 170 Å². The van der Waals surface area contributed by atoms with Crippen molar-refractivity contribution in [1.82, 2.24) is 0 Å². The molecule has 2 atom stereocenters. The van der Waals surface area contributed by atoms with Crippen molar-refractivity contribution in [1.29, 1.82) is 0 Å². The number of amides is 2. The smallest absolute Gasteiger partial charge is 0.278 e. The second-order valence-electron chi connectivity index (χ2n) is 6.74. The van der Waals surface area contributed by atoms with Crippen LogP contribution in [-0.4, -0.2) is 42.8 Å². The van der Waals surface area contributed by atoms with E-state index in [1.54, 1.807) is 18.2 Å². The van der Waals surface area contributed by atoms with Gasteiger partial charge in [0.25, 0.3) is 11.6 Å². The van der Waals surface area contributed by atoms with Gasteiger partial charge < -0.3 is 14.3 Å². The fraction of sp³-hybridized carbons (Fsp3) is 0.250.